The average molecular weight is 618 g/mol. The first kappa shape index (κ1) is 28.0. The zero-order valence-corrected chi connectivity index (χ0v) is 26.0. The van der Waals surface area contributed by atoms with Gasteiger partial charge in [-0.1, -0.05) is 23.8 Å². The van der Waals surface area contributed by atoms with E-state index in [0.29, 0.717) is 64.2 Å². The van der Waals surface area contributed by atoms with Gasteiger partial charge in [0.1, 0.15) is 18.2 Å². The number of nitrogens with one attached hydrogen (secondary N) is 1. The maximum Gasteiger partial charge on any atom is 0.319 e. The van der Waals surface area contributed by atoms with Crippen molar-refractivity contribution in [1.82, 2.24) is 30.0 Å². The molecule has 0 radical (unpaired) electrons. The largest absolute Gasteiger partial charge is 0.491 e. The number of piperazine rings is 1. The molecule has 2 bridgehead atoms. The Morgan fingerprint density at radius 2 is 2.00 bits per heavy atom. The third kappa shape index (κ3) is 4.44. The maximum absolute atomic E-state index is 15.7. The monoisotopic (exact) mass is 617 g/mol. The molecule has 4 fully saturated rings. The van der Waals surface area contributed by atoms with E-state index in [0.717, 1.165) is 74.9 Å². The van der Waals surface area contributed by atoms with Crippen molar-refractivity contribution in [3.63, 3.8) is 0 Å². The van der Waals surface area contributed by atoms with E-state index >= 15 is 4.39 Å². The smallest absolute Gasteiger partial charge is 0.319 e. The minimum Gasteiger partial charge on any atom is -0.491 e. The molecule has 230 valence electrons. The molecule has 0 aliphatic carbocycles. The zero-order chi connectivity index (χ0) is 30.2. The van der Waals surface area contributed by atoms with Crippen molar-refractivity contribution in [1.29, 1.82) is 0 Å². The fourth-order valence-electron chi connectivity index (χ4n) is 8.07. The molecule has 9 nitrogen and oxygen atoms in total. The number of hydrogen-bond acceptors (Lipinski definition) is 8. The maximum atomic E-state index is 15.7. The minimum atomic E-state index is -0.392. The molecule has 2 aromatic heterocycles. The molecule has 4 aliphatic rings. The standard InChI is InChI=1S/C33H37ClFN7O2/c1-4-43-30-27-25(12-23(28(30)34)26-24(35)9-6-20-14-36-40(3)29(20)26)38-32(39-31(27)41-16-21-7-8-22(17-41)37-21)44-18-33-10-5-11-42(33)15-19(2)13-33/h6,9,12,14,21-22,37H,2,4-5,7-8,10-11,13,15-18H2,1,3H3/t21-,22+,33-/m0/s1. The molecule has 6 heterocycles. The van der Waals surface area contributed by atoms with Gasteiger partial charge >= 0.3 is 6.01 Å². The van der Waals surface area contributed by atoms with E-state index in [-0.39, 0.29) is 5.54 Å². The van der Waals surface area contributed by atoms with Crippen molar-refractivity contribution in [3.05, 3.63) is 47.4 Å². The van der Waals surface area contributed by atoms with Gasteiger partial charge in [-0.15, -0.1) is 0 Å². The molecule has 0 unspecified atom stereocenters. The molecule has 1 N–H and O–H groups in total. The van der Waals surface area contributed by atoms with Crippen molar-refractivity contribution in [2.24, 2.45) is 7.05 Å². The highest BCUT2D eigenvalue weighted by Gasteiger charge is 2.46. The molecule has 4 saturated heterocycles. The van der Waals surface area contributed by atoms with Gasteiger partial charge in [-0.2, -0.15) is 15.1 Å². The van der Waals surface area contributed by atoms with Crippen LogP contribution in [0, 0.1) is 5.82 Å². The van der Waals surface area contributed by atoms with Crippen LogP contribution < -0.4 is 19.7 Å². The fraction of sp³-hybridized carbons (Fsp3) is 0.485. The summed E-state index contributed by atoms with van der Waals surface area (Å²) in [4.78, 5) is 14.8. The highest BCUT2D eigenvalue weighted by molar-refractivity contribution is 6.37. The molecule has 0 amide bonds. The zero-order valence-electron chi connectivity index (χ0n) is 25.2. The van der Waals surface area contributed by atoms with Crippen LogP contribution in [0.25, 0.3) is 32.9 Å². The lowest BCUT2D eigenvalue weighted by Gasteiger charge is -2.35. The lowest BCUT2D eigenvalue weighted by molar-refractivity contribution is 0.108. The highest BCUT2D eigenvalue weighted by atomic mass is 35.5. The van der Waals surface area contributed by atoms with Crippen molar-refractivity contribution in [2.75, 3.05) is 44.3 Å². The first-order valence-electron chi connectivity index (χ1n) is 15.7. The quantitative estimate of drug-likeness (QED) is 0.273. The number of fused-ring (bicyclic) bond motifs is 5. The van der Waals surface area contributed by atoms with Crippen LogP contribution in [0.1, 0.15) is 39.0 Å². The van der Waals surface area contributed by atoms with Crippen LogP contribution in [-0.4, -0.2) is 81.7 Å². The van der Waals surface area contributed by atoms with E-state index in [2.05, 4.69) is 26.8 Å². The van der Waals surface area contributed by atoms with E-state index in [4.69, 9.17) is 31.0 Å². The summed E-state index contributed by atoms with van der Waals surface area (Å²) in [7, 11) is 1.80. The first-order valence-corrected chi connectivity index (χ1v) is 16.0. The summed E-state index contributed by atoms with van der Waals surface area (Å²) in [6.07, 6.45) is 7.13. The number of halogens is 2. The minimum absolute atomic E-state index is 0.0658. The predicted molar refractivity (Wildman–Crippen MR) is 170 cm³/mol. The number of rotatable bonds is 7. The lowest BCUT2D eigenvalue weighted by Crippen LogP contribution is -2.51. The number of aryl methyl sites for hydroxylation is 1. The Bertz CT molecular complexity index is 1800. The molecule has 3 atom stereocenters. The van der Waals surface area contributed by atoms with Crippen molar-refractivity contribution in [3.8, 4) is 22.9 Å². The number of ether oxygens (including phenoxy) is 2. The molecule has 44 heavy (non-hydrogen) atoms. The second-order valence-corrected chi connectivity index (χ2v) is 13.2. The number of benzene rings is 2. The molecular formula is C33H37ClFN7O2. The number of anilines is 1. The summed E-state index contributed by atoms with van der Waals surface area (Å²) in [5.41, 5.74) is 3.30. The van der Waals surface area contributed by atoms with Gasteiger partial charge < -0.3 is 19.7 Å². The topological polar surface area (TPSA) is 80.6 Å². The van der Waals surface area contributed by atoms with E-state index in [1.807, 2.05) is 13.0 Å². The molecule has 11 heteroatoms. The van der Waals surface area contributed by atoms with E-state index in [1.165, 1.54) is 11.6 Å². The van der Waals surface area contributed by atoms with Gasteiger partial charge in [0.2, 0.25) is 0 Å². The Kier molecular flexibility index (Phi) is 6.73. The van der Waals surface area contributed by atoms with Gasteiger partial charge in [-0.25, -0.2) is 4.39 Å². The molecule has 4 aliphatic heterocycles. The Labute approximate surface area is 261 Å². The van der Waals surface area contributed by atoms with Crippen LogP contribution in [0.15, 0.2) is 36.5 Å². The third-order valence-electron chi connectivity index (χ3n) is 9.97. The summed E-state index contributed by atoms with van der Waals surface area (Å²) in [5, 5.41) is 9.97. The normalized spacial score (nSPS) is 25.0. The van der Waals surface area contributed by atoms with Crippen LogP contribution in [0.2, 0.25) is 5.02 Å². The Morgan fingerprint density at radius 3 is 2.80 bits per heavy atom. The third-order valence-corrected chi connectivity index (χ3v) is 10.3. The van der Waals surface area contributed by atoms with Crippen LogP contribution >= 0.6 is 11.6 Å². The molecular weight excluding hydrogens is 581 g/mol. The van der Waals surface area contributed by atoms with E-state index in [1.54, 1.807) is 24.0 Å². The van der Waals surface area contributed by atoms with E-state index in [9.17, 15) is 0 Å². The molecule has 8 rings (SSSR count). The fourth-order valence-corrected chi connectivity index (χ4v) is 8.37. The van der Waals surface area contributed by atoms with Gasteiger partial charge in [0.15, 0.2) is 5.75 Å². The SMILES string of the molecule is C=C1CN2CCC[C@@]2(COc2nc(N3C[C@H]4CC[C@@H](C3)N4)c3c(OCC)c(Cl)c(-c4c(F)ccc5cnn(C)c45)cc3n2)C1. The van der Waals surface area contributed by atoms with Crippen LogP contribution in [0.5, 0.6) is 11.8 Å². The summed E-state index contributed by atoms with van der Waals surface area (Å²) in [5.74, 6) is 0.813. The number of hydrogen-bond donors (Lipinski definition) is 1. The molecule has 0 spiro atoms. The number of nitrogens with zero attached hydrogens (tertiary/aromatic N) is 6. The van der Waals surface area contributed by atoms with Crippen molar-refractivity contribution < 1.29 is 13.9 Å². The van der Waals surface area contributed by atoms with Crippen LogP contribution in [-0.2, 0) is 7.05 Å². The summed E-state index contributed by atoms with van der Waals surface area (Å²) in [6.45, 7) is 10.7. The summed E-state index contributed by atoms with van der Waals surface area (Å²) >= 11 is 7.18. The Balaban J connectivity index is 1.31. The summed E-state index contributed by atoms with van der Waals surface area (Å²) < 4.78 is 30.2. The Hall–Kier alpha value is -3.47. The second kappa shape index (κ2) is 10.6. The van der Waals surface area contributed by atoms with Crippen LogP contribution in [0.3, 0.4) is 0 Å². The van der Waals surface area contributed by atoms with Crippen molar-refractivity contribution in [2.45, 2.75) is 56.7 Å². The molecule has 4 aromatic rings. The molecule has 2 aromatic carbocycles. The van der Waals surface area contributed by atoms with Crippen LogP contribution in [0.4, 0.5) is 10.2 Å². The van der Waals surface area contributed by atoms with Gasteiger partial charge in [0.05, 0.1) is 39.8 Å². The Morgan fingerprint density at radius 1 is 1.18 bits per heavy atom. The average Bonchev–Trinajstić information content (AvgIpc) is 3.75. The highest BCUT2D eigenvalue weighted by Crippen LogP contribution is 2.47. The lowest BCUT2D eigenvalue weighted by atomic mass is 9.94. The van der Waals surface area contributed by atoms with Crippen molar-refractivity contribution >= 4 is 39.2 Å². The van der Waals surface area contributed by atoms with E-state index < -0.39 is 5.82 Å². The predicted octanol–water partition coefficient (Wildman–Crippen LogP) is 5.49. The number of aromatic nitrogens is 4. The van der Waals surface area contributed by atoms with Gasteiger partial charge in [0.25, 0.3) is 0 Å². The van der Waals surface area contributed by atoms with Gasteiger partial charge in [-0.05, 0) is 63.8 Å². The van der Waals surface area contributed by atoms with Gasteiger partial charge in [0, 0.05) is 55.3 Å². The summed E-state index contributed by atoms with van der Waals surface area (Å²) in [6, 6.07) is 6.14. The second-order valence-electron chi connectivity index (χ2n) is 12.9. The first-order chi connectivity index (χ1) is 21.3. The molecule has 0 saturated carbocycles. The van der Waals surface area contributed by atoms with Gasteiger partial charge in [-0.3, -0.25) is 9.58 Å².